The molecule has 1 aromatic rings. The van der Waals surface area contributed by atoms with E-state index in [4.69, 9.17) is 0 Å². The maximum Gasteiger partial charge on any atom is 0.255 e. The van der Waals surface area contributed by atoms with Gasteiger partial charge >= 0.3 is 0 Å². The van der Waals surface area contributed by atoms with Gasteiger partial charge in [0.1, 0.15) is 0 Å². The SMILES string of the molecule is Cc1ccc(I)c(C(=O)N2CC[C@H](O)C2)c1. The van der Waals surface area contributed by atoms with Gasteiger partial charge < -0.3 is 10.0 Å². The van der Waals surface area contributed by atoms with Gasteiger partial charge in [0.05, 0.1) is 11.7 Å². The Balaban J connectivity index is 2.23. The number of hydrogen-bond acceptors (Lipinski definition) is 2. The molecule has 0 spiro atoms. The van der Waals surface area contributed by atoms with Crippen LogP contribution >= 0.6 is 22.6 Å². The minimum atomic E-state index is -0.355. The highest BCUT2D eigenvalue weighted by molar-refractivity contribution is 14.1. The Labute approximate surface area is 109 Å². The van der Waals surface area contributed by atoms with Crippen molar-refractivity contribution in [2.45, 2.75) is 19.4 Å². The molecule has 2 rings (SSSR count). The van der Waals surface area contributed by atoms with E-state index in [0.717, 1.165) is 14.7 Å². The number of halogens is 1. The van der Waals surface area contributed by atoms with Gasteiger partial charge in [-0.3, -0.25) is 4.79 Å². The van der Waals surface area contributed by atoms with Crippen LogP contribution < -0.4 is 0 Å². The van der Waals surface area contributed by atoms with E-state index in [2.05, 4.69) is 22.6 Å². The van der Waals surface area contributed by atoms with Crippen molar-refractivity contribution < 1.29 is 9.90 Å². The van der Waals surface area contributed by atoms with Crippen LogP contribution in [0, 0.1) is 10.5 Å². The standard InChI is InChI=1S/C12H14INO2/c1-8-2-3-11(13)10(6-8)12(16)14-5-4-9(15)7-14/h2-3,6,9,15H,4-5,7H2,1H3/t9-/m0/s1. The number of aliphatic hydroxyl groups excluding tert-OH is 1. The van der Waals surface area contributed by atoms with E-state index in [1.165, 1.54) is 0 Å². The highest BCUT2D eigenvalue weighted by Gasteiger charge is 2.26. The topological polar surface area (TPSA) is 40.5 Å². The molecule has 86 valence electrons. The Morgan fingerprint density at radius 3 is 2.94 bits per heavy atom. The van der Waals surface area contributed by atoms with Crippen molar-refractivity contribution >= 4 is 28.5 Å². The number of carbonyl (C=O) groups is 1. The Kier molecular flexibility index (Phi) is 3.49. The molecule has 1 heterocycles. The summed E-state index contributed by atoms with van der Waals surface area (Å²) in [6, 6.07) is 5.86. The number of amides is 1. The molecule has 3 nitrogen and oxygen atoms in total. The lowest BCUT2D eigenvalue weighted by Gasteiger charge is -2.16. The fourth-order valence-corrected chi connectivity index (χ4v) is 2.47. The number of aryl methyl sites for hydroxylation is 1. The molecule has 1 saturated heterocycles. The number of nitrogens with zero attached hydrogens (tertiary/aromatic N) is 1. The van der Waals surface area contributed by atoms with Gasteiger partial charge in [0, 0.05) is 16.7 Å². The van der Waals surface area contributed by atoms with Gasteiger partial charge in [-0.05, 0) is 48.1 Å². The van der Waals surface area contributed by atoms with Crippen LogP contribution in [0.15, 0.2) is 18.2 Å². The van der Waals surface area contributed by atoms with Crippen LogP contribution in [0.5, 0.6) is 0 Å². The zero-order chi connectivity index (χ0) is 11.7. The second-order valence-electron chi connectivity index (χ2n) is 4.18. The van der Waals surface area contributed by atoms with E-state index >= 15 is 0 Å². The summed E-state index contributed by atoms with van der Waals surface area (Å²) in [7, 11) is 0. The lowest BCUT2D eigenvalue weighted by Crippen LogP contribution is -2.30. The number of benzene rings is 1. The first-order valence-corrected chi connectivity index (χ1v) is 6.39. The van der Waals surface area contributed by atoms with Crippen LogP contribution in [0.25, 0.3) is 0 Å². The third kappa shape index (κ3) is 2.38. The average Bonchev–Trinajstić information content (AvgIpc) is 2.67. The van der Waals surface area contributed by atoms with Gasteiger partial charge in [0.25, 0.3) is 5.91 Å². The van der Waals surface area contributed by atoms with Crippen molar-refractivity contribution in [2.75, 3.05) is 13.1 Å². The summed E-state index contributed by atoms with van der Waals surface area (Å²) in [5.74, 6) is 0.0321. The van der Waals surface area contributed by atoms with Crippen molar-refractivity contribution in [3.05, 3.63) is 32.9 Å². The van der Waals surface area contributed by atoms with E-state index in [9.17, 15) is 9.90 Å². The number of likely N-dealkylation sites (tertiary alicyclic amines) is 1. The van der Waals surface area contributed by atoms with Crippen LogP contribution in [0.3, 0.4) is 0 Å². The molecule has 16 heavy (non-hydrogen) atoms. The first-order valence-electron chi connectivity index (χ1n) is 5.31. The molecule has 0 bridgehead atoms. The summed E-state index contributed by atoms with van der Waals surface area (Å²) in [6.45, 7) is 3.10. The molecule has 1 aromatic carbocycles. The van der Waals surface area contributed by atoms with Crippen molar-refractivity contribution in [2.24, 2.45) is 0 Å². The summed E-state index contributed by atoms with van der Waals surface area (Å²) in [5, 5.41) is 9.42. The molecule has 0 aromatic heterocycles. The number of aliphatic hydroxyl groups is 1. The van der Waals surface area contributed by atoms with Gasteiger partial charge in [-0.15, -0.1) is 0 Å². The predicted molar refractivity (Wildman–Crippen MR) is 70.4 cm³/mol. The number of carbonyl (C=O) groups excluding carboxylic acids is 1. The lowest BCUT2D eigenvalue weighted by atomic mass is 10.1. The van der Waals surface area contributed by atoms with E-state index in [0.29, 0.717) is 19.5 Å². The summed E-state index contributed by atoms with van der Waals surface area (Å²) in [4.78, 5) is 13.9. The minimum Gasteiger partial charge on any atom is -0.391 e. The molecular formula is C12H14INO2. The highest BCUT2D eigenvalue weighted by Crippen LogP contribution is 2.19. The quantitative estimate of drug-likeness (QED) is 0.798. The van der Waals surface area contributed by atoms with E-state index in [1.54, 1.807) is 4.90 Å². The third-order valence-electron chi connectivity index (χ3n) is 2.80. The number of hydrogen-bond donors (Lipinski definition) is 1. The molecule has 1 aliphatic heterocycles. The second-order valence-corrected chi connectivity index (χ2v) is 5.34. The van der Waals surface area contributed by atoms with Crippen LogP contribution in [-0.2, 0) is 0 Å². The van der Waals surface area contributed by atoms with Crippen LogP contribution in [0.4, 0.5) is 0 Å². The maximum atomic E-state index is 12.2. The Hall–Kier alpha value is -0.620. The summed E-state index contributed by atoms with van der Waals surface area (Å²) >= 11 is 2.17. The second kappa shape index (κ2) is 4.71. The average molecular weight is 331 g/mol. The van der Waals surface area contributed by atoms with Crippen molar-refractivity contribution in [1.29, 1.82) is 0 Å². The molecular weight excluding hydrogens is 317 g/mol. The number of rotatable bonds is 1. The third-order valence-corrected chi connectivity index (χ3v) is 3.74. The molecule has 1 amide bonds. The molecule has 0 unspecified atom stereocenters. The van der Waals surface area contributed by atoms with Crippen LogP contribution in [0.2, 0.25) is 0 Å². The zero-order valence-electron chi connectivity index (χ0n) is 9.11. The fraction of sp³-hybridized carbons (Fsp3) is 0.417. The summed E-state index contributed by atoms with van der Waals surface area (Å²) in [5.41, 5.74) is 1.83. The molecule has 1 fully saturated rings. The molecule has 0 radical (unpaired) electrons. The van der Waals surface area contributed by atoms with Crippen molar-refractivity contribution in [3.8, 4) is 0 Å². The molecule has 0 aliphatic carbocycles. The monoisotopic (exact) mass is 331 g/mol. The first-order chi connectivity index (χ1) is 7.58. The normalized spacial score (nSPS) is 20.2. The molecule has 0 saturated carbocycles. The van der Waals surface area contributed by atoms with Crippen LogP contribution in [-0.4, -0.2) is 35.1 Å². The molecule has 1 N–H and O–H groups in total. The molecule has 1 atom stereocenters. The molecule has 1 aliphatic rings. The van der Waals surface area contributed by atoms with Crippen LogP contribution in [0.1, 0.15) is 22.3 Å². The Morgan fingerprint density at radius 2 is 2.31 bits per heavy atom. The van der Waals surface area contributed by atoms with Gasteiger partial charge in [-0.1, -0.05) is 11.6 Å². The van der Waals surface area contributed by atoms with Gasteiger partial charge in [-0.2, -0.15) is 0 Å². The molecule has 4 heteroatoms. The Morgan fingerprint density at radius 1 is 1.56 bits per heavy atom. The van der Waals surface area contributed by atoms with Gasteiger partial charge in [-0.25, -0.2) is 0 Å². The maximum absolute atomic E-state index is 12.2. The number of β-amino-alcohol motifs (C(OH)–C–C–N with tert-alkyl or cyclic N) is 1. The van der Waals surface area contributed by atoms with Gasteiger partial charge in [0.15, 0.2) is 0 Å². The summed E-state index contributed by atoms with van der Waals surface area (Å²) < 4.78 is 0.967. The largest absolute Gasteiger partial charge is 0.391 e. The van der Waals surface area contributed by atoms with E-state index in [1.807, 2.05) is 25.1 Å². The highest BCUT2D eigenvalue weighted by atomic mass is 127. The minimum absolute atomic E-state index is 0.0321. The first kappa shape index (κ1) is 11.9. The van der Waals surface area contributed by atoms with E-state index in [-0.39, 0.29) is 12.0 Å². The van der Waals surface area contributed by atoms with Crippen molar-refractivity contribution in [1.82, 2.24) is 4.90 Å². The summed E-state index contributed by atoms with van der Waals surface area (Å²) in [6.07, 6.45) is 0.333. The smallest absolute Gasteiger partial charge is 0.255 e. The zero-order valence-corrected chi connectivity index (χ0v) is 11.3. The van der Waals surface area contributed by atoms with Crippen molar-refractivity contribution in [3.63, 3.8) is 0 Å². The Bertz CT molecular complexity index is 419. The predicted octanol–water partition coefficient (Wildman–Crippen LogP) is 1.81. The lowest BCUT2D eigenvalue weighted by molar-refractivity contribution is 0.0764. The van der Waals surface area contributed by atoms with Gasteiger partial charge in [0.2, 0.25) is 0 Å². The van der Waals surface area contributed by atoms with E-state index < -0.39 is 0 Å². The fourth-order valence-electron chi connectivity index (χ4n) is 1.90.